The molecular weight excluding hydrogens is 446 g/mol. The summed E-state index contributed by atoms with van der Waals surface area (Å²) in [6.45, 7) is 0.396. The van der Waals surface area contributed by atoms with Crippen molar-refractivity contribution < 1.29 is 38.3 Å². The summed E-state index contributed by atoms with van der Waals surface area (Å²) in [5.74, 6) is -1.64. The van der Waals surface area contributed by atoms with Crippen LogP contribution in [0.5, 0.6) is 5.75 Å². The van der Waals surface area contributed by atoms with Gasteiger partial charge in [0.05, 0.1) is 28.8 Å². The van der Waals surface area contributed by atoms with E-state index in [9.17, 15) is 14.7 Å². The van der Waals surface area contributed by atoms with Crippen molar-refractivity contribution in [2.45, 2.75) is 20.3 Å². The van der Waals surface area contributed by atoms with E-state index in [0.717, 1.165) is 18.4 Å². The van der Waals surface area contributed by atoms with Crippen molar-refractivity contribution in [3.8, 4) is 5.75 Å². The molecule has 1 N–H and O–H groups in total. The van der Waals surface area contributed by atoms with Crippen LogP contribution in [0.1, 0.15) is 40.1 Å². The molecule has 1 amide bonds. The molecule has 9 heteroatoms. The molecule has 0 bridgehead atoms. The van der Waals surface area contributed by atoms with E-state index < -0.39 is 11.9 Å². The summed E-state index contributed by atoms with van der Waals surface area (Å²) in [4.78, 5) is 28.1. The van der Waals surface area contributed by atoms with E-state index in [0.29, 0.717) is 17.4 Å². The van der Waals surface area contributed by atoms with Gasteiger partial charge in [-0.2, -0.15) is 0 Å². The number of aryl methyl sites for hydroxylation is 1. The van der Waals surface area contributed by atoms with Gasteiger partial charge in [0.2, 0.25) is 0 Å². The van der Waals surface area contributed by atoms with Gasteiger partial charge in [-0.3, -0.25) is 9.78 Å². The number of hydrogen-bond acceptors (Lipinski definition) is 5. The van der Waals surface area contributed by atoms with Crippen LogP contribution < -0.4 is 34.0 Å². The number of nitrogens with one attached hydrogen (secondary N) is 1. The zero-order valence-electron chi connectivity index (χ0n) is 16.7. The first-order valence-corrected chi connectivity index (χ1v) is 9.83. The molecule has 0 atom stereocenters. The summed E-state index contributed by atoms with van der Waals surface area (Å²) >= 11 is 11.9. The predicted molar refractivity (Wildman–Crippen MR) is 120 cm³/mol. The molecule has 162 valence electrons. The number of nitrogens with zero attached hydrogens (tertiary/aromatic N) is 1. The van der Waals surface area contributed by atoms with E-state index >= 15 is 0 Å². The Morgan fingerprint density at radius 1 is 1.06 bits per heavy atom. The maximum atomic E-state index is 12.5. The Bertz CT molecular complexity index is 1070. The number of ether oxygens (including phenoxy) is 1. The van der Waals surface area contributed by atoms with Crippen molar-refractivity contribution in [2.24, 2.45) is 0 Å². The standard InChI is InChI=1S/C22H18Cl2N2O4.CH4.Li/c23-15-5-7-17(19(24)11-15)21(27)26-20-8-6-16(12-18(20)22(28)29)30-10-2-4-14-3-1-9-25-13-14;;/h1,3,5-9,11-13H,2,4,10H2,(H,26,27)(H,28,29);1H4;/q;;+1/p-1. The number of carboxylic acids is 1. The maximum Gasteiger partial charge on any atom is 1.00 e. The van der Waals surface area contributed by atoms with Crippen molar-refractivity contribution in [3.05, 3.63) is 87.7 Å². The number of carbonyl (C=O) groups excluding carboxylic acids is 2. The minimum absolute atomic E-state index is 0. The molecule has 0 fully saturated rings. The largest absolute Gasteiger partial charge is 1.00 e. The molecule has 0 aliphatic rings. The second kappa shape index (κ2) is 13.1. The van der Waals surface area contributed by atoms with Gasteiger partial charge in [-0.1, -0.05) is 36.7 Å². The van der Waals surface area contributed by atoms with E-state index in [1.165, 1.54) is 30.3 Å². The molecule has 32 heavy (non-hydrogen) atoms. The first-order chi connectivity index (χ1) is 14.4. The van der Waals surface area contributed by atoms with Gasteiger partial charge >= 0.3 is 18.9 Å². The number of amides is 1. The molecule has 0 aliphatic heterocycles. The second-order valence-corrected chi connectivity index (χ2v) is 7.23. The van der Waals surface area contributed by atoms with Gasteiger partial charge in [-0.25, -0.2) is 0 Å². The third-order valence-corrected chi connectivity index (χ3v) is 4.78. The Morgan fingerprint density at radius 2 is 1.84 bits per heavy atom. The Kier molecular flexibility index (Phi) is 11.3. The smallest absolute Gasteiger partial charge is 0.545 e. The summed E-state index contributed by atoms with van der Waals surface area (Å²) in [6.07, 6.45) is 5.03. The van der Waals surface area contributed by atoms with Crippen LogP contribution in [0, 0.1) is 0 Å². The number of pyridine rings is 1. The zero-order chi connectivity index (χ0) is 21.5. The second-order valence-electron chi connectivity index (χ2n) is 6.39. The molecule has 0 aliphatic carbocycles. The van der Waals surface area contributed by atoms with Gasteiger partial charge in [-0.05, 0) is 60.9 Å². The molecule has 0 spiro atoms. The van der Waals surface area contributed by atoms with Gasteiger partial charge in [0.15, 0.2) is 0 Å². The van der Waals surface area contributed by atoms with Crippen molar-refractivity contribution in [2.75, 3.05) is 11.9 Å². The Hall–Kier alpha value is -2.49. The molecule has 1 aromatic heterocycles. The van der Waals surface area contributed by atoms with Crippen LogP contribution in [-0.4, -0.2) is 23.5 Å². The molecule has 0 unspecified atom stereocenters. The van der Waals surface area contributed by atoms with Crippen molar-refractivity contribution in [1.82, 2.24) is 4.98 Å². The fraction of sp³-hybridized carbons (Fsp3) is 0.174. The number of aromatic carboxylic acids is 1. The monoisotopic (exact) mass is 466 g/mol. The number of aromatic nitrogens is 1. The van der Waals surface area contributed by atoms with E-state index in [4.69, 9.17) is 27.9 Å². The van der Waals surface area contributed by atoms with Crippen LogP contribution in [0.4, 0.5) is 5.69 Å². The van der Waals surface area contributed by atoms with Gasteiger partial charge in [0, 0.05) is 23.0 Å². The molecule has 0 saturated carbocycles. The minimum Gasteiger partial charge on any atom is -0.545 e. The average molecular weight is 467 g/mol. The Labute approximate surface area is 209 Å². The van der Waals surface area contributed by atoms with E-state index in [2.05, 4.69) is 10.3 Å². The molecule has 0 saturated heterocycles. The summed E-state index contributed by atoms with van der Waals surface area (Å²) in [5, 5.41) is 14.6. The van der Waals surface area contributed by atoms with Crippen LogP contribution in [0.25, 0.3) is 0 Å². The normalized spacial score (nSPS) is 9.81. The summed E-state index contributed by atoms with van der Waals surface area (Å²) < 4.78 is 5.64. The third kappa shape index (κ3) is 7.58. The molecule has 3 aromatic rings. The first kappa shape index (κ1) is 27.5. The number of carbonyl (C=O) groups is 2. The fourth-order valence-electron chi connectivity index (χ4n) is 2.77. The van der Waals surface area contributed by atoms with Crippen molar-refractivity contribution in [3.63, 3.8) is 0 Å². The number of halogens is 2. The minimum atomic E-state index is -1.44. The summed E-state index contributed by atoms with van der Waals surface area (Å²) in [6, 6.07) is 12.6. The van der Waals surface area contributed by atoms with Gasteiger partial charge in [-0.15, -0.1) is 0 Å². The number of carboxylic acid groups (broad SMARTS) is 1. The maximum absolute atomic E-state index is 12.5. The molecule has 1 heterocycles. The van der Waals surface area contributed by atoms with Gasteiger partial charge in [0.1, 0.15) is 5.75 Å². The number of rotatable bonds is 8. The van der Waals surface area contributed by atoms with Gasteiger partial charge < -0.3 is 20.0 Å². The van der Waals surface area contributed by atoms with Crippen molar-refractivity contribution in [1.29, 1.82) is 0 Å². The van der Waals surface area contributed by atoms with E-state index in [1.807, 2.05) is 12.1 Å². The van der Waals surface area contributed by atoms with Crippen LogP contribution in [0.15, 0.2) is 60.9 Å². The SMILES string of the molecule is C.O=C(Nc1ccc(OCCCc2cccnc2)cc1C(=O)[O-])c1ccc(Cl)cc1Cl.[Li+]. The Morgan fingerprint density at radius 3 is 2.50 bits per heavy atom. The first-order valence-electron chi connectivity index (χ1n) is 9.07. The van der Waals surface area contributed by atoms with Gasteiger partial charge in [0.25, 0.3) is 5.91 Å². The number of hydrogen-bond donors (Lipinski definition) is 1. The van der Waals surface area contributed by atoms with E-state index in [1.54, 1.807) is 18.5 Å². The number of benzene rings is 2. The zero-order valence-corrected chi connectivity index (χ0v) is 18.2. The summed E-state index contributed by atoms with van der Waals surface area (Å²) in [5.41, 5.74) is 1.14. The Balaban J connectivity index is 0.00000256. The third-order valence-electron chi connectivity index (χ3n) is 4.24. The molecule has 3 rings (SSSR count). The van der Waals surface area contributed by atoms with E-state index in [-0.39, 0.29) is 48.1 Å². The van der Waals surface area contributed by atoms with Crippen LogP contribution in [0.2, 0.25) is 10.0 Å². The molecular formula is C23H21Cl2LiN2O4. The molecule has 2 aromatic carbocycles. The van der Waals surface area contributed by atoms with Crippen molar-refractivity contribution >= 4 is 40.8 Å². The van der Waals surface area contributed by atoms with Crippen LogP contribution in [0.3, 0.4) is 0 Å². The predicted octanol–water partition coefficient (Wildman–Crippen LogP) is 1.66. The van der Waals surface area contributed by atoms with Crippen LogP contribution >= 0.6 is 23.2 Å². The number of anilines is 1. The topological polar surface area (TPSA) is 91.3 Å². The fourth-order valence-corrected chi connectivity index (χ4v) is 3.26. The summed E-state index contributed by atoms with van der Waals surface area (Å²) in [7, 11) is 0. The molecule has 6 nitrogen and oxygen atoms in total. The molecule has 0 radical (unpaired) electrons. The van der Waals surface area contributed by atoms with Crippen LogP contribution in [-0.2, 0) is 6.42 Å². The average Bonchev–Trinajstić information content (AvgIpc) is 2.72. The quantitative estimate of drug-likeness (QED) is 0.402.